The smallest absolute Gasteiger partial charge is 0.373 e. The first-order chi connectivity index (χ1) is 17.4. The molecule has 0 spiro atoms. The number of rotatable bonds is 7. The van der Waals surface area contributed by atoms with Crippen LogP contribution in [0.2, 0.25) is 0 Å². The van der Waals surface area contributed by atoms with Crippen molar-refractivity contribution in [1.82, 2.24) is 10.6 Å². The highest BCUT2D eigenvalue weighted by Gasteiger charge is 2.46. The first-order valence-electron chi connectivity index (χ1n) is 12.1. The molecule has 0 radical (unpaired) electrons. The summed E-state index contributed by atoms with van der Waals surface area (Å²) in [5.74, 6) is -1.01. The van der Waals surface area contributed by atoms with E-state index in [1.165, 1.54) is 12.1 Å². The molecule has 2 fully saturated rings. The largest absolute Gasteiger partial charge is 0.416 e. The SMILES string of the molecule is CCN[C@@H]1C[C@H]([C@@H]2CC[C@H](OCc3cc(C(F)(F)F)cc(C(F)(F)F)c3)[C@H]2c2ccc(F)cc2)NC1=O. The summed E-state index contributed by atoms with van der Waals surface area (Å²) in [6.45, 7) is 2.04. The molecule has 2 aromatic rings. The van der Waals surface area contributed by atoms with Crippen LogP contribution in [0.15, 0.2) is 42.5 Å². The molecule has 1 heterocycles. The van der Waals surface area contributed by atoms with Crippen LogP contribution in [0, 0.1) is 11.7 Å². The van der Waals surface area contributed by atoms with Gasteiger partial charge < -0.3 is 15.4 Å². The molecule has 0 unspecified atom stereocenters. The summed E-state index contributed by atoms with van der Waals surface area (Å²) in [5, 5.41) is 6.13. The molecule has 1 saturated heterocycles. The van der Waals surface area contributed by atoms with Crippen LogP contribution in [-0.4, -0.2) is 30.6 Å². The third-order valence-corrected chi connectivity index (χ3v) is 7.11. The van der Waals surface area contributed by atoms with Gasteiger partial charge in [0.25, 0.3) is 0 Å². The fraction of sp³-hybridized carbons (Fsp3) is 0.500. The van der Waals surface area contributed by atoms with Crippen molar-refractivity contribution in [2.75, 3.05) is 6.54 Å². The molecule has 1 saturated carbocycles. The van der Waals surface area contributed by atoms with Crippen molar-refractivity contribution < 1.29 is 40.3 Å². The highest BCUT2D eigenvalue weighted by molar-refractivity contribution is 5.84. The van der Waals surface area contributed by atoms with Crippen molar-refractivity contribution >= 4 is 5.91 Å². The van der Waals surface area contributed by atoms with Crippen LogP contribution >= 0.6 is 0 Å². The average Bonchev–Trinajstić information content (AvgIpc) is 3.40. The van der Waals surface area contributed by atoms with Gasteiger partial charge in [-0.3, -0.25) is 4.79 Å². The van der Waals surface area contributed by atoms with Gasteiger partial charge in [-0.25, -0.2) is 4.39 Å². The van der Waals surface area contributed by atoms with Gasteiger partial charge in [0.1, 0.15) is 5.82 Å². The fourth-order valence-corrected chi connectivity index (χ4v) is 5.49. The number of amides is 1. The molecule has 4 rings (SSSR count). The van der Waals surface area contributed by atoms with Gasteiger partial charge in [-0.05, 0) is 73.2 Å². The summed E-state index contributed by atoms with van der Waals surface area (Å²) < 4.78 is 99.1. The number of carbonyl (C=O) groups is 1. The first kappa shape index (κ1) is 27.4. The minimum absolute atomic E-state index is 0.0833. The van der Waals surface area contributed by atoms with E-state index in [1.54, 1.807) is 12.1 Å². The van der Waals surface area contributed by atoms with Crippen molar-refractivity contribution in [3.05, 3.63) is 70.5 Å². The van der Waals surface area contributed by atoms with E-state index in [0.29, 0.717) is 37.9 Å². The van der Waals surface area contributed by atoms with Crippen LogP contribution in [0.5, 0.6) is 0 Å². The van der Waals surface area contributed by atoms with E-state index in [9.17, 15) is 35.5 Å². The number of likely N-dealkylation sites (N-methyl/N-ethyl adjacent to an activating group) is 1. The molecule has 2 N–H and O–H groups in total. The first-order valence-corrected chi connectivity index (χ1v) is 12.1. The lowest BCUT2D eigenvalue weighted by atomic mass is 9.82. The Morgan fingerprint density at radius 1 is 0.973 bits per heavy atom. The third-order valence-electron chi connectivity index (χ3n) is 7.11. The molecule has 37 heavy (non-hydrogen) atoms. The van der Waals surface area contributed by atoms with E-state index in [-0.39, 0.29) is 41.5 Å². The van der Waals surface area contributed by atoms with Crippen molar-refractivity contribution in [3.8, 4) is 0 Å². The van der Waals surface area contributed by atoms with E-state index in [0.717, 1.165) is 5.56 Å². The van der Waals surface area contributed by atoms with Crippen LogP contribution in [0.3, 0.4) is 0 Å². The zero-order valence-electron chi connectivity index (χ0n) is 19.9. The number of alkyl halides is 6. The number of benzene rings is 2. The molecule has 11 heteroatoms. The lowest BCUT2D eigenvalue weighted by Crippen LogP contribution is -2.37. The predicted octanol–water partition coefficient (Wildman–Crippen LogP) is 5.81. The highest BCUT2D eigenvalue weighted by Crippen LogP contribution is 2.45. The lowest BCUT2D eigenvalue weighted by Gasteiger charge is -2.29. The van der Waals surface area contributed by atoms with Crippen LogP contribution < -0.4 is 10.6 Å². The van der Waals surface area contributed by atoms with Gasteiger partial charge in [0.05, 0.1) is 29.9 Å². The maximum absolute atomic E-state index is 13.6. The summed E-state index contributed by atoms with van der Waals surface area (Å²) in [6, 6.07) is 6.62. The normalized spacial score (nSPS) is 26.5. The number of hydrogen-bond donors (Lipinski definition) is 2. The van der Waals surface area contributed by atoms with Crippen LogP contribution in [-0.2, 0) is 28.5 Å². The van der Waals surface area contributed by atoms with Gasteiger partial charge in [0.2, 0.25) is 5.91 Å². The number of nitrogens with one attached hydrogen (secondary N) is 2. The summed E-state index contributed by atoms with van der Waals surface area (Å²) in [4.78, 5) is 12.4. The molecule has 4 nitrogen and oxygen atoms in total. The van der Waals surface area contributed by atoms with E-state index in [1.807, 2.05) is 6.92 Å². The highest BCUT2D eigenvalue weighted by atomic mass is 19.4. The number of halogens is 7. The molecule has 1 aliphatic carbocycles. The molecular formula is C26H27F7N2O2. The molecular weight excluding hydrogens is 505 g/mol. The van der Waals surface area contributed by atoms with Crippen molar-refractivity contribution in [2.45, 2.75) is 69.3 Å². The Morgan fingerprint density at radius 2 is 1.59 bits per heavy atom. The Kier molecular flexibility index (Phi) is 7.85. The molecule has 1 aliphatic heterocycles. The van der Waals surface area contributed by atoms with Crippen molar-refractivity contribution in [1.29, 1.82) is 0 Å². The van der Waals surface area contributed by atoms with E-state index < -0.39 is 42.0 Å². The molecule has 1 amide bonds. The topological polar surface area (TPSA) is 50.4 Å². The number of hydrogen-bond acceptors (Lipinski definition) is 3. The zero-order chi connectivity index (χ0) is 27.0. The quantitative estimate of drug-likeness (QED) is 0.443. The summed E-state index contributed by atoms with van der Waals surface area (Å²) in [6.07, 6.45) is -8.81. The Balaban J connectivity index is 1.58. The van der Waals surface area contributed by atoms with Crippen LogP contribution in [0.4, 0.5) is 30.7 Å². The Morgan fingerprint density at radius 3 is 2.16 bits per heavy atom. The maximum atomic E-state index is 13.6. The Hall–Kier alpha value is -2.66. The van der Waals surface area contributed by atoms with Gasteiger partial charge in [-0.1, -0.05) is 19.1 Å². The second kappa shape index (κ2) is 10.6. The Bertz CT molecular complexity index is 1070. The zero-order valence-corrected chi connectivity index (χ0v) is 19.9. The average molecular weight is 533 g/mol. The Labute approximate surface area is 209 Å². The monoisotopic (exact) mass is 532 g/mol. The number of carbonyl (C=O) groups excluding carboxylic acids is 1. The van der Waals surface area contributed by atoms with E-state index >= 15 is 0 Å². The molecule has 5 atom stereocenters. The standard InChI is InChI=1S/C26H27F7N2O2/c1-2-34-21-12-20(35-24(21)36)19-7-8-22(23(19)15-3-5-18(27)6-4-15)37-13-14-9-16(25(28,29)30)11-17(10-14)26(31,32)33/h3-6,9-11,19-23,34H,2,7-8,12-13H2,1H3,(H,35,36)/t19-,20+,21+,22-,23-/m0/s1. The molecule has 2 aliphatic rings. The van der Waals surface area contributed by atoms with E-state index in [2.05, 4.69) is 10.6 Å². The fourth-order valence-electron chi connectivity index (χ4n) is 5.49. The van der Waals surface area contributed by atoms with Gasteiger partial charge in [0, 0.05) is 12.0 Å². The molecule has 2 aromatic carbocycles. The van der Waals surface area contributed by atoms with Gasteiger partial charge in [-0.15, -0.1) is 0 Å². The number of ether oxygens (including phenoxy) is 1. The second-order valence-electron chi connectivity index (χ2n) is 9.54. The van der Waals surface area contributed by atoms with Crippen molar-refractivity contribution in [3.63, 3.8) is 0 Å². The summed E-state index contributed by atoms with van der Waals surface area (Å²) in [5.41, 5.74) is -2.31. The molecule has 0 bridgehead atoms. The van der Waals surface area contributed by atoms with Gasteiger partial charge >= 0.3 is 12.4 Å². The van der Waals surface area contributed by atoms with Gasteiger partial charge in [0.15, 0.2) is 0 Å². The minimum Gasteiger partial charge on any atom is -0.373 e. The minimum atomic E-state index is -4.95. The van der Waals surface area contributed by atoms with Crippen molar-refractivity contribution in [2.24, 2.45) is 5.92 Å². The summed E-state index contributed by atoms with van der Waals surface area (Å²) in [7, 11) is 0. The maximum Gasteiger partial charge on any atom is 0.416 e. The molecule has 0 aromatic heterocycles. The third kappa shape index (κ3) is 6.26. The van der Waals surface area contributed by atoms with E-state index in [4.69, 9.17) is 4.74 Å². The summed E-state index contributed by atoms with van der Waals surface area (Å²) >= 11 is 0. The van der Waals surface area contributed by atoms with Crippen LogP contribution in [0.25, 0.3) is 0 Å². The lowest BCUT2D eigenvalue weighted by molar-refractivity contribution is -0.143. The predicted molar refractivity (Wildman–Crippen MR) is 121 cm³/mol. The van der Waals surface area contributed by atoms with Gasteiger partial charge in [-0.2, -0.15) is 26.3 Å². The molecule has 202 valence electrons. The van der Waals surface area contributed by atoms with Crippen LogP contribution in [0.1, 0.15) is 54.4 Å². The second-order valence-corrected chi connectivity index (χ2v) is 9.54.